The Kier molecular flexibility index (Phi) is 1.84. The molecule has 0 radical (unpaired) electrons. The Morgan fingerprint density at radius 2 is 2.00 bits per heavy atom. The van der Waals surface area contributed by atoms with Gasteiger partial charge >= 0.3 is 0 Å². The number of nitrogens with one attached hydrogen (secondary N) is 1. The number of hydrogen-bond donors (Lipinski definition) is 1. The molecule has 0 saturated carbocycles. The second-order valence-corrected chi connectivity index (χ2v) is 2.93. The van der Waals surface area contributed by atoms with Crippen LogP contribution in [0.15, 0.2) is 42.7 Å². The third-order valence-electron chi connectivity index (χ3n) is 1.94. The van der Waals surface area contributed by atoms with E-state index in [1.54, 1.807) is 0 Å². The van der Waals surface area contributed by atoms with Crippen molar-refractivity contribution in [2.45, 2.75) is 0 Å². The molecule has 1 aromatic carbocycles. The molecule has 62 valence electrons. The van der Waals surface area contributed by atoms with E-state index in [4.69, 9.17) is 0 Å². The summed E-state index contributed by atoms with van der Waals surface area (Å²) in [5, 5.41) is 0. The molecule has 12 heavy (non-hydrogen) atoms. The minimum atomic E-state index is 1.28. The molecule has 0 amide bonds. The van der Waals surface area contributed by atoms with Gasteiger partial charge < -0.3 is 9.80 Å². The molecule has 0 fully saturated rings. The molecule has 0 aliphatic carbocycles. The van der Waals surface area contributed by atoms with Gasteiger partial charge in [-0.05, 0) is 25.8 Å². The highest BCUT2D eigenvalue weighted by molar-refractivity contribution is 5.29. The standard InChI is InChI=1S/C10H12N2/c1-11-7-8-12(9-11)10-5-3-2-4-6-10/h2-9,12H,1H3. The predicted octanol–water partition coefficient (Wildman–Crippen LogP) is 0.739. The van der Waals surface area contributed by atoms with E-state index >= 15 is 0 Å². The van der Waals surface area contributed by atoms with E-state index in [1.807, 2.05) is 13.1 Å². The predicted molar refractivity (Wildman–Crippen MR) is 48.3 cm³/mol. The molecule has 1 aromatic rings. The quantitative estimate of drug-likeness (QED) is 0.595. The second-order valence-electron chi connectivity index (χ2n) is 2.93. The van der Waals surface area contributed by atoms with Crippen molar-refractivity contribution in [2.24, 2.45) is 0 Å². The van der Waals surface area contributed by atoms with Crippen LogP contribution in [0.2, 0.25) is 0 Å². The average Bonchev–Trinajstić information content (AvgIpc) is 2.54. The van der Waals surface area contributed by atoms with E-state index in [-0.39, 0.29) is 0 Å². The maximum absolute atomic E-state index is 2.12. The molecular formula is C10H12N2. The molecule has 0 aromatic heterocycles. The highest BCUT2D eigenvalue weighted by Crippen LogP contribution is 2.02. The van der Waals surface area contributed by atoms with Gasteiger partial charge in [0, 0.05) is 6.20 Å². The molecule has 1 unspecified atom stereocenters. The van der Waals surface area contributed by atoms with E-state index in [2.05, 4.69) is 48.2 Å². The second kappa shape index (κ2) is 2.99. The maximum Gasteiger partial charge on any atom is 0.110 e. The van der Waals surface area contributed by atoms with Crippen molar-refractivity contribution >= 4 is 5.69 Å². The van der Waals surface area contributed by atoms with Gasteiger partial charge in [-0.2, -0.15) is 0 Å². The molecule has 0 bridgehead atoms. The first kappa shape index (κ1) is 7.37. The number of benzene rings is 1. The lowest BCUT2D eigenvalue weighted by atomic mass is 10.3. The van der Waals surface area contributed by atoms with E-state index in [0.29, 0.717) is 0 Å². The lowest BCUT2D eigenvalue weighted by Gasteiger charge is -2.22. The van der Waals surface area contributed by atoms with Crippen molar-refractivity contribution in [3.8, 4) is 0 Å². The summed E-state index contributed by atoms with van der Waals surface area (Å²) in [6, 6.07) is 10.4. The van der Waals surface area contributed by atoms with Crippen molar-refractivity contribution in [2.75, 3.05) is 7.05 Å². The van der Waals surface area contributed by atoms with E-state index < -0.39 is 0 Å². The summed E-state index contributed by atoms with van der Waals surface area (Å²) in [6.45, 7) is 2.12. The average molecular weight is 160 g/mol. The molecule has 1 atom stereocenters. The summed E-state index contributed by atoms with van der Waals surface area (Å²) in [4.78, 5) is 3.33. The third-order valence-corrected chi connectivity index (χ3v) is 1.94. The Balaban J connectivity index is 2.18. The van der Waals surface area contributed by atoms with Gasteiger partial charge in [0.15, 0.2) is 0 Å². The van der Waals surface area contributed by atoms with Crippen LogP contribution in [0.1, 0.15) is 0 Å². The van der Waals surface area contributed by atoms with Gasteiger partial charge in [0.2, 0.25) is 0 Å². The summed E-state index contributed by atoms with van der Waals surface area (Å²) >= 11 is 0. The summed E-state index contributed by atoms with van der Waals surface area (Å²) < 4.78 is 0. The van der Waals surface area contributed by atoms with Crippen LogP contribution in [0.3, 0.4) is 0 Å². The fourth-order valence-corrected chi connectivity index (χ4v) is 1.30. The fraction of sp³-hybridized carbons (Fsp3) is 0.100. The van der Waals surface area contributed by atoms with Crippen molar-refractivity contribution in [3.63, 3.8) is 0 Å². The first-order valence-corrected chi connectivity index (χ1v) is 4.03. The van der Waals surface area contributed by atoms with Crippen molar-refractivity contribution < 1.29 is 4.90 Å². The third kappa shape index (κ3) is 1.34. The van der Waals surface area contributed by atoms with Crippen molar-refractivity contribution in [1.82, 2.24) is 4.90 Å². The van der Waals surface area contributed by atoms with E-state index in [9.17, 15) is 0 Å². The van der Waals surface area contributed by atoms with Crippen LogP contribution >= 0.6 is 0 Å². The molecular weight excluding hydrogens is 148 g/mol. The summed E-state index contributed by atoms with van der Waals surface area (Å²) in [5.41, 5.74) is 1.28. The summed E-state index contributed by atoms with van der Waals surface area (Å²) in [7, 11) is 2.03. The molecule has 1 aliphatic rings. The van der Waals surface area contributed by atoms with Crippen LogP contribution in [-0.2, 0) is 0 Å². The first-order valence-electron chi connectivity index (χ1n) is 4.03. The molecule has 2 heteroatoms. The van der Waals surface area contributed by atoms with Gasteiger partial charge in [-0.3, -0.25) is 0 Å². The van der Waals surface area contributed by atoms with Crippen LogP contribution in [0.4, 0.5) is 5.69 Å². The lowest BCUT2D eigenvalue weighted by Crippen LogP contribution is -2.98. The monoisotopic (exact) mass is 160 g/mol. The number of quaternary nitrogens is 1. The highest BCUT2D eigenvalue weighted by atomic mass is 15.3. The van der Waals surface area contributed by atoms with Crippen LogP contribution in [0.25, 0.3) is 0 Å². The Morgan fingerprint density at radius 3 is 2.58 bits per heavy atom. The van der Waals surface area contributed by atoms with Crippen LogP contribution < -0.4 is 4.90 Å². The normalized spacial score (nSPS) is 21.8. The van der Waals surface area contributed by atoms with E-state index in [0.717, 1.165) is 0 Å². The van der Waals surface area contributed by atoms with Gasteiger partial charge in [-0.15, -0.1) is 0 Å². The summed E-state index contributed by atoms with van der Waals surface area (Å²) in [5.74, 6) is 0. The smallest absolute Gasteiger partial charge is 0.110 e. The fourth-order valence-electron chi connectivity index (χ4n) is 1.30. The Bertz CT molecular complexity index is 279. The largest absolute Gasteiger partial charge is 0.473 e. The molecule has 1 aliphatic heterocycles. The first-order chi connectivity index (χ1) is 5.86. The van der Waals surface area contributed by atoms with Crippen LogP contribution in [-0.4, -0.2) is 11.9 Å². The SMILES string of the molecule is CN1C=C[NH+](c2ccccc2)[CH-]1. The van der Waals surface area contributed by atoms with Gasteiger partial charge in [-0.1, -0.05) is 18.2 Å². The lowest BCUT2D eigenvalue weighted by molar-refractivity contribution is -0.741. The zero-order valence-corrected chi connectivity index (χ0v) is 7.07. The molecule has 2 rings (SSSR count). The minimum Gasteiger partial charge on any atom is -0.473 e. The Morgan fingerprint density at radius 1 is 1.25 bits per heavy atom. The van der Waals surface area contributed by atoms with Gasteiger partial charge in [0.25, 0.3) is 0 Å². The molecule has 0 spiro atoms. The zero-order chi connectivity index (χ0) is 8.39. The summed E-state index contributed by atoms with van der Waals surface area (Å²) in [6.07, 6.45) is 4.18. The number of rotatable bonds is 1. The topological polar surface area (TPSA) is 7.68 Å². The molecule has 1 N–H and O–H groups in total. The van der Waals surface area contributed by atoms with Crippen LogP contribution in [0, 0.1) is 6.67 Å². The highest BCUT2D eigenvalue weighted by Gasteiger charge is 2.06. The van der Waals surface area contributed by atoms with Crippen molar-refractivity contribution in [1.29, 1.82) is 0 Å². The van der Waals surface area contributed by atoms with E-state index in [1.165, 1.54) is 10.6 Å². The zero-order valence-electron chi connectivity index (χ0n) is 7.07. The molecule has 0 saturated heterocycles. The van der Waals surface area contributed by atoms with Crippen molar-refractivity contribution in [3.05, 3.63) is 49.4 Å². The number of hydrogen-bond acceptors (Lipinski definition) is 1. The molecule has 1 heterocycles. The maximum atomic E-state index is 2.12. The van der Waals surface area contributed by atoms with Gasteiger partial charge in [0.05, 0.1) is 6.20 Å². The van der Waals surface area contributed by atoms with Gasteiger partial charge in [0.1, 0.15) is 5.69 Å². The minimum absolute atomic E-state index is 1.28. The van der Waals surface area contributed by atoms with Crippen LogP contribution in [0.5, 0.6) is 0 Å². The molecule has 2 nitrogen and oxygen atoms in total. The number of para-hydroxylation sites is 1. The number of nitrogens with zero attached hydrogens (tertiary/aromatic N) is 1. The Hall–Kier alpha value is -1.28. The Labute approximate surface area is 72.7 Å². The van der Waals surface area contributed by atoms with Gasteiger partial charge in [-0.25, -0.2) is 0 Å².